The number of fused-ring (bicyclic) bond motifs is 1. The maximum absolute atomic E-state index is 5.74. The lowest BCUT2D eigenvalue weighted by Gasteiger charge is -2.14. The molecule has 98 valence electrons. The topological polar surface area (TPSA) is 51.4 Å². The number of ether oxygens (including phenoxy) is 1. The van der Waals surface area contributed by atoms with Crippen molar-refractivity contribution in [3.05, 3.63) is 22.9 Å². The molecule has 0 aromatic carbocycles. The molecule has 0 unspecified atom stereocenters. The fraction of sp³-hybridized carbons (Fsp3) is 0.538. The molecule has 0 radical (unpaired) electrons. The third kappa shape index (κ3) is 2.97. The van der Waals surface area contributed by atoms with Gasteiger partial charge in [-0.25, -0.2) is 4.98 Å². The van der Waals surface area contributed by atoms with E-state index in [1.165, 1.54) is 5.56 Å². The molecule has 1 aliphatic carbocycles. The van der Waals surface area contributed by atoms with Crippen molar-refractivity contribution in [1.29, 1.82) is 0 Å². The molecule has 18 heavy (non-hydrogen) atoms. The molecule has 0 fully saturated rings. The summed E-state index contributed by atoms with van der Waals surface area (Å²) in [4.78, 5) is 6.98. The minimum atomic E-state index is 0.358. The van der Waals surface area contributed by atoms with E-state index in [4.69, 9.17) is 22.7 Å². The van der Waals surface area contributed by atoms with Gasteiger partial charge >= 0.3 is 0 Å². The van der Waals surface area contributed by atoms with Gasteiger partial charge in [0, 0.05) is 12.2 Å². The maximum Gasteiger partial charge on any atom is 0.224 e. The van der Waals surface area contributed by atoms with Crippen molar-refractivity contribution in [3.8, 4) is 5.88 Å². The van der Waals surface area contributed by atoms with Crippen LogP contribution in [0.15, 0.2) is 6.07 Å². The maximum atomic E-state index is 5.74. The molecular formula is C13H19N3OS. The van der Waals surface area contributed by atoms with Crippen LogP contribution >= 0.6 is 12.2 Å². The Hall–Kier alpha value is -1.20. The second-order valence-corrected chi connectivity index (χ2v) is 5.26. The molecule has 0 amide bonds. The minimum Gasteiger partial charge on any atom is -0.476 e. The monoisotopic (exact) mass is 265 g/mol. The molecule has 2 rings (SSSR count). The van der Waals surface area contributed by atoms with Crippen molar-refractivity contribution >= 4 is 17.2 Å². The fourth-order valence-corrected chi connectivity index (χ4v) is 2.21. The first-order valence-electron chi connectivity index (χ1n) is 6.18. The second kappa shape index (κ2) is 5.63. The summed E-state index contributed by atoms with van der Waals surface area (Å²) in [7, 11) is 4.02. The number of nitrogens with zero attached hydrogens (tertiary/aromatic N) is 2. The third-order valence-electron chi connectivity index (χ3n) is 3.06. The van der Waals surface area contributed by atoms with Crippen LogP contribution in [0.2, 0.25) is 0 Å². The number of thiocarbonyl (C=S) groups is 1. The minimum absolute atomic E-state index is 0.358. The van der Waals surface area contributed by atoms with Crippen molar-refractivity contribution in [3.63, 3.8) is 0 Å². The number of nitrogens with two attached hydrogens (primary N) is 1. The van der Waals surface area contributed by atoms with Crippen molar-refractivity contribution in [2.75, 3.05) is 27.2 Å². The largest absolute Gasteiger partial charge is 0.476 e. The van der Waals surface area contributed by atoms with E-state index >= 15 is 0 Å². The first-order chi connectivity index (χ1) is 8.58. The highest BCUT2D eigenvalue weighted by molar-refractivity contribution is 7.80. The Morgan fingerprint density at radius 2 is 2.28 bits per heavy atom. The van der Waals surface area contributed by atoms with Crippen molar-refractivity contribution in [2.24, 2.45) is 5.73 Å². The van der Waals surface area contributed by atoms with Gasteiger partial charge in [0.2, 0.25) is 5.88 Å². The van der Waals surface area contributed by atoms with Crippen LogP contribution in [0.5, 0.6) is 5.88 Å². The summed E-state index contributed by atoms with van der Waals surface area (Å²) < 4.78 is 5.71. The molecule has 0 bridgehead atoms. The second-order valence-electron chi connectivity index (χ2n) is 4.82. The van der Waals surface area contributed by atoms with Gasteiger partial charge < -0.3 is 15.4 Å². The Morgan fingerprint density at radius 3 is 2.94 bits per heavy atom. The molecule has 2 N–H and O–H groups in total. The highest BCUT2D eigenvalue weighted by Crippen LogP contribution is 2.26. The predicted molar refractivity (Wildman–Crippen MR) is 76.2 cm³/mol. The Labute approximate surface area is 113 Å². The molecule has 0 saturated heterocycles. The zero-order valence-electron chi connectivity index (χ0n) is 10.9. The number of pyridine rings is 1. The standard InChI is InChI=1S/C13H19N3OS/c1-16(2)6-7-17-13-10(12(14)18)8-9-4-3-5-11(9)15-13/h8H,3-7H2,1-2H3,(H2,14,18). The molecule has 0 saturated carbocycles. The van der Waals surface area contributed by atoms with Gasteiger partial charge in [0.25, 0.3) is 0 Å². The number of aryl methyl sites for hydroxylation is 2. The predicted octanol–water partition coefficient (Wildman–Crippen LogP) is 1.14. The van der Waals surface area contributed by atoms with Gasteiger partial charge in [0.15, 0.2) is 0 Å². The Kier molecular flexibility index (Phi) is 4.14. The molecule has 0 aliphatic heterocycles. The Bertz CT molecular complexity index is 460. The van der Waals surface area contributed by atoms with E-state index in [0.717, 1.165) is 37.1 Å². The summed E-state index contributed by atoms with van der Waals surface area (Å²) >= 11 is 5.07. The highest BCUT2D eigenvalue weighted by atomic mass is 32.1. The van der Waals surface area contributed by atoms with Crippen molar-refractivity contribution in [2.45, 2.75) is 19.3 Å². The summed E-state index contributed by atoms with van der Waals surface area (Å²) in [5.41, 5.74) is 8.91. The van der Waals surface area contributed by atoms with Crippen molar-refractivity contribution < 1.29 is 4.74 Å². The van der Waals surface area contributed by atoms with Crippen LogP contribution in [0.25, 0.3) is 0 Å². The molecule has 1 aromatic heterocycles. The van der Waals surface area contributed by atoms with E-state index in [2.05, 4.69) is 9.88 Å². The van der Waals surface area contributed by atoms with Crippen LogP contribution in [0.1, 0.15) is 23.2 Å². The molecule has 0 atom stereocenters. The zero-order valence-corrected chi connectivity index (χ0v) is 11.7. The number of rotatable bonds is 5. The van der Waals surface area contributed by atoms with Crippen LogP contribution in [0, 0.1) is 0 Å². The average molecular weight is 265 g/mol. The lowest BCUT2D eigenvalue weighted by atomic mass is 10.1. The van der Waals surface area contributed by atoms with E-state index < -0.39 is 0 Å². The number of likely N-dealkylation sites (N-methyl/N-ethyl adjacent to an activating group) is 1. The van der Waals surface area contributed by atoms with Gasteiger partial charge in [-0.1, -0.05) is 12.2 Å². The first kappa shape index (κ1) is 13.2. The van der Waals surface area contributed by atoms with Gasteiger partial charge in [-0.05, 0) is 45.0 Å². The number of aromatic nitrogens is 1. The van der Waals surface area contributed by atoms with E-state index in [1.807, 2.05) is 20.2 Å². The summed E-state index contributed by atoms with van der Waals surface area (Å²) in [6, 6.07) is 2.04. The number of hydrogen-bond acceptors (Lipinski definition) is 4. The highest BCUT2D eigenvalue weighted by Gasteiger charge is 2.18. The van der Waals surface area contributed by atoms with Crippen molar-refractivity contribution in [1.82, 2.24) is 9.88 Å². The molecule has 5 heteroatoms. The number of hydrogen-bond donors (Lipinski definition) is 1. The molecule has 1 aromatic rings. The summed E-state index contributed by atoms with van der Waals surface area (Å²) in [6.45, 7) is 1.43. The lowest BCUT2D eigenvalue weighted by Crippen LogP contribution is -2.21. The molecule has 1 heterocycles. The third-order valence-corrected chi connectivity index (χ3v) is 3.28. The van der Waals surface area contributed by atoms with Gasteiger partial charge in [-0.15, -0.1) is 0 Å². The van der Waals surface area contributed by atoms with Gasteiger partial charge in [0.05, 0.1) is 5.56 Å². The van der Waals surface area contributed by atoms with Crippen LogP contribution in [0.3, 0.4) is 0 Å². The van der Waals surface area contributed by atoms with E-state index in [9.17, 15) is 0 Å². The lowest BCUT2D eigenvalue weighted by molar-refractivity contribution is 0.253. The zero-order chi connectivity index (χ0) is 13.1. The molecule has 0 spiro atoms. The summed E-state index contributed by atoms with van der Waals surface area (Å²) in [5.74, 6) is 0.588. The van der Waals surface area contributed by atoms with Gasteiger partial charge in [0.1, 0.15) is 11.6 Å². The first-order valence-corrected chi connectivity index (χ1v) is 6.59. The van der Waals surface area contributed by atoms with E-state index in [0.29, 0.717) is 17.5 Å². The molecular weight excluding hydrogens is 246 g/mol. The fourth-order valence-electron chi connectivity index (χ4n) is 2.06. The van der Waals surface area contributed by atoms with E-state index in [-0.39, 0.29) is 0 Å². The van der Waals surface area contributed by atoms with Crippen LogP contribution in [-0.2, 0) is 12.8 Å². The van der Waals surface area contributed by atoms with Gasteiger partial charge in [-0.2, -0.15) is 0 Å². The normalized spacial score (nSPS) is 13.7. The smallest absolute Gasteiger partial charge is 0.224 e. The summed E-state index contributed by atoms with van der Waals surface area (Å²) in [6.07, 6.45) is 3.24. The SMILES string of the molecule is CN(C)CCOc1nc2c(cc1C(N)=S)CCC2. The molecule has 1 aliphatic rings. The van der Waals surface area contributed by atoms with E-state index in [1.54, 1.807) is 0 Å². The summed E-state index contributed by atoms with van der Waals surface area (Å²) in [5, 5.41) is 0. The quantitative estimate of drug-likeness (QED) is 0.809. The van der Waals surface area contributed by atoms with Crippen LogP contribution in [-0.4, -0.2) is 42.1 Å². The van der Waals surface area contributed by atoms with Crippen LogP contribution < -0.4 is 10.5 Å². The Morgan fingerprint density at radius 1 is 1.50 bits per heavy atom. The van der Waals surface area contributed by atoms with Crippen LogP contribution in [0.4, 0.5) is 0 Å². The Balaban J connectivity index is 2.19. The molecule has 4 nitrogen and oxygen atoms in total. The average Bonchev–Trinajstić information content (AvgIpc) is 2.74. The van der Waals surface area contributed by atoms with Gasteiger partial charge in [-0.3, -0.25) is 0 Å².